The van der Waals surface area contributed by atoms with Crippen molar-refractivity contribution >= 4 is 47.0 Å². The average Bonchev–Trinajstić information content (AvgIpc) is 2.89. The molecule has 0 aromatic heterocycles. The summed E-state index contributed by atoms with van der Waals surface area (Å²) >= 11 is 5.97. The van der Waals surface area contributed by atoms with Gasteiger partial charge in [-0.3, -0.25) is 19.7 Å². The quantitative estimate of drug-likeness (QED) is 0.130. The second kappa shape index (κ2) is 12.5. The molecule has 0 saturated heterocycles. The van der Waals surface area contributed by atoms with E-state index < -0.39 is 22.5 Å². The molecule has 38 heavy (non-hydrogen) atoms. The van der Waals surface area contributed by atoms with Crippen molar-refractivity contribution in [1.29, 1.82) is 0 Å². The monoisotopic (exact) mass is 538 g/mol. The van der Waals surface area contributed by atoms with Crippen LogP contribution >= 0.6 is 11.6 Å². The number of methoxy groups -OCH3 is 1. The van der Waals surface area contributed by atoms with Crippen LogP contribution in [0.2, 0.25) is 5.02 Å². The lowest BCUT2D eigenvalue weighted by atomic mass is 10.1. The number of ether oxygens (including phenoxy) is 2. The topological polar surface area (TPSA) is 149 Å². The number of amides is 2. The molecule has 0 heterocycles. The SMILES string of the molecule is COc1ccc(Cl)cc1C(=O)Oc1c(/C=N/NC(=O)c2ccc(NC(=O)C(C)C)cc2)cccc1[N+](=O)[O-]. The number of halogens is 1. The second-order valence-corrected chi connectivity index (χ2v) is 8.54. The number of anilines is 1. The molecule has 0 aliphatic carbocycles. The first kappa shape index (κ1) is 27.8. The van der Waals surface area contributed by atoms with Gasteiger partial charge in [0.15, 0.2) is 0 Å². The van der Waals surface area contributed by atoms with Crippen molar-refractivity contribution in [3.63, 3.8) is 0 Å². The van der Waals surface area contributed by atoms with Crippen LogP contribution in [0, 0.1) is 16.0 Å². The highest BCUT2D eigenvalue weighted by atomic mass is 35.5. The first-order valence-corrected chi connectivity index (χ1v) is 11.6. The number of nitro benzene ring substituents is 1. The van der Waals surface area contributed by atoms with E-state index in [1.807, 2.05) is 0 Å². The van der Waals surface area contributed by atoms with E-state index in [0.29, 0.717) is 5.69 Å². The fourth-order valence-corrected chi connectivity index (χ4v) is 3.27. The Morgan fingerprint density at radius 3 is 2.42 bits per heavy atom. The summed E-state index contributed by atoms with van der Waals surface area (Å²) in [5.74, 6) is -2.09. The standard InChI is InChI=1S/C26H23ClN4O7/c1-15(2)24(32)29-19-10-7-16(8-11-19)25(33)30-28-14-17-5-4-6-21(31(35)36)23(17)38-26(34)20-13-18(27)9-12-22(20)37-3/h4-15H,1-3H3,(H,29,32)(H,30,33)/b28-14+. The van der Waals surface area contributed by atoms with Crippen molar-refractivity contribution in [3.8, 4) is 11.5 Å². The highest BCUT2D eigenvalue weighted by Gasteiger charge is 2.24. The summed E-state index contributed by atoms with van der Waals surface area (Å²) in [5, 5.41) is 18.4. The average molecular weight is 539 g/mol. The predicted octanol–water partition coefficient (Wildman–Crippen LogP) is 4.83. The van der Waals surface area contributed by atoms with Gasteiger partial charge in [0.05, 0.1) is 18.2 Å². The summed E-state index contributed by atoms with van der Waals surface area (Å²) in [6.45, 7) is 3.52. The minimum absolute atomic E-state index is 0.0395. The molecule has 2 amide bonds. The lowest BCUT2D eigenvalue weighted by Gasteiger charge is -2.11. The number of nitrogens with one attached hydrogen (secondary N) is 2. The highest BCUT2D eigenvalue weighted by Crippen LogP contribution is 2.32. The highest BCUT2D eigenvalue weighted by molar-refractivity contribution is 6.31. The Morgan fingerprint density at radius 2 is 1.79 bits per heavy atom. The molecule has 3 aromatic carbocycles. The maximum Gasteiger partial charge on any atom is 0.347 e. The number of esters is 1. The number of carbonyl (C=O) groups excluding carboxylic acids is 3. The van der Waals surface area contributed by atoms with Crippen molar-refractivity contribution in [1.82, 2.24) is 5.43 Å². The van der Waals surface area contributed by atoms with Gasteiger partial charge in [0.25, 0.3) is 5.91 Å². The molecule has 11 nitrogen and oxygen atoms in total. The van der Waals surface area contributed by atoms with Gasteiger partial charge < -0.3 is 14.8 Å². The maximum atomic E-state index is 12.8. The molecular weight excluding hydrogens is 516 g/mol. The zero-order valence-electron chi connectivity index (χ0n) is 20.6. The third kappa shape index (κ3) is 6.92. The molecule has 3 rings (SSSR count). The number of nitrogens with zero attached hydrogens (tertiary/aromatic N) is 2. The summed E-state index contributed by atoms with van der Waals surface area (Å²) in [6.07, 6.45) is 1.11. The molecule has 0 spiro atoms. The number of rotatable bonds is 9. The molecule has 0 radical (unpaired) electrons. The van der Waals surface area contributed by atoms with Gasteiger partial charge in [-0.2, -0.15) is 5.10 Å². The van der Waals surface area contributed by atoms with Crippen molar-refractivity contribution in [2.45, 2.75) is 13.8 Å². The third-order valence-electron chi connectivity index (χ3n) is 5.11. The normalized spacial score (nSPS) is 10.8. The van der Waals surface area contributed by atoms with Crippen LogP contribution in [0.15, 0.2) is 65.8 Å². The Kier molecular flexibility index (Phi) is 9.12. The molecule has 3 aromatic rings. The first-order valence-electron chi connectivity index (χ1n) is 11.2. The van der Waals surface area contributed by atoms with Gasteiger partial charge in [-0.15, -0.1) is 0 Å². The maximum absolute atomic E-state index is 12.8. The summed E-state index contributed by atoms with van der Waals surface area (Å²) in [4.78, 5) is 48.0. The second-order valence-electron chi connectivity index (χ2n) is 8.11. The van der Waals surface area contributed by atoms with Crippen LogP contribution < -0.4 is 20.2 Å². The van der Waals surface area contributed by atoms with Crippen LogP contribution in [-0.4, -0.2) is 36.0 Å². The number of hydrogen-bond acceptors (Lipinski definition) is 8. The Hall–Kier alpha value is -4.77. The molecule has 0 aliphatic rings. The van der Waals surface area contributed by atoms with Gasteiger partial charge in [0, 0.05) is 33.8 Å². The van der Waals surface area contributed by atoms with E-state index in [2.05, 4.69) is 15.8 Å². The predicted molar refractivity (Wildman–Crippen MR) is 141 cm³/mol. The van der Waals surface area contributed by atoms with Crippen LogP contribution in [0.4, 0.5) is 11.4 Å². The fraction of sp³-hybridized carbons (Fsp3) is 0.154. The fourth-order valence-electron chi connectivity index (χ4n) is 3.10. The van der Waals surface area contributed by atoms with Crippen LogP contribution in [0.1, 0.15) is 40.1 Å². The number of hydrazone groups is 1. The zero-order chi connectivity index (χ0) is 27.8. The Morgan fingerprint density at radius 1 is 1.08 bits per heavy atom. The molecule has 0 bridgehead atoms. The van der Waals surface area contributed by atoms with Gasteiger partial charge in [0.2, 0.25) is 11.7 Å². The summed E-state index contributed by atoms with van der Waals surface area (Å²) < 4.78 is 10.5. The number of benzene rings is 3. The van der Waals surface area contributed by atoms with E-state index in [4.69, 9.17) is 21.1 Å². The summed E-state index contributed by atoms with van der Waals surface area (Å²) in [7, 11) is 1.35. The van der Waals surface area contributed by atoms with E-state index in [-0.39, 0.29) is 45.0 Å². The van der Waals surface area contributed by atoms with Crippen molar-refractivity contribution in [2.75, 3.05) is 12.4 Å². The molecule has 0 atom stereocenters. The molecule has 0 aliphatic heterocycles. The van der Waals surface area contributed by atoms with Crippen LogP contribution in [0.25, 0.3) is 0 Å². The minimum Gasteiger partial charge on any atom is -0.496 e. The van der Waals surface area contributed by atoms with Gasteiger partial charge in [-0.1, -0.05) is 31.5 Å². The summed E-state index contributed by atoms with van der Waals surface area (Å²) in [5.41, 5.74) is 2.62. The van der Waals surface area contributed by atoms with E-state index in [1.54, 1.807) is 26.0 Å². The lowest BCUT2D eigenvalue weighted by Crippen LogP contribution is -2.19. The molecule has 0 unspecified atom stereocenters. The Balaban J connectivity index is 1.79. The van der Waals surface area contributed by atoms with Gasteiger partial charge in [-0.05, 0) is 48.5 Å². The number of hydrogen-bond donors (Lipinski definition) is 2. The zero-order valence-corrected chi connectivity index (χ0v) is 21.3. The van der Waals surface area contributed by atoms with Crippen LogP contribution in [0.5, 0.6) is 11.5 Å². The molecule has 2 N–H and O–H groups in total. The van der Waals surface area contributed by atoms with Crippen molar-refractivity contribution < 1.29 is 28.8 Å². The van der Waals surface area contributed by atoms with Crippen molar-refractivity contribution in [2.24, 2.45) is 11.0 Å². The Bertz CT molecular complexity index is 1410. The molecule has 12 heteroatoms. The Labute approximate surface area is 222 Å². The lowest BCUT2D eigenvalue weighted by molar-refractivity contribution is -0.385. The number of carbonyl (C=O) groups is 3. The van der Waals surface area contributed by atoms with E-state index in [0.717, 1.165) is 12.3 Å². The number of nitro groups is 1. The molecule has 0 saturated carbocycles. The van der Waals surface area contributed by atoms with Crippen LogP contribution in [0.3, 0.4) is 0 Å². The van der Waals surface area contributed by atoms with Gasteiger partial charge >= 0.3 is 11.7 Å². The van der Waals surface area contributed by atoms with E-state index >= 15 is 0 Å². The van der Waals surface area contributed by atoms with Gasteiger partial charge in [0.1, 0.15) is 11.3 Å². The molecular formula is C26H23ClN4O7. The van der Waals surface area contributed by atoms with Crippen LogP contribution in [-0.2, 0) is 4.79 Å². The minimum atomic E-state index is -0.943. The van der Waals surface area contributed by atoms with Crippen molar-refractivity contribution in [3.05, 3.63) is 92.5 Å². The van der Waals surface area contributed by atoms with E-state index in [1.165, 1.54) is 49.6 Å². The smallest absolute Gasteiger partial charge is 0.347 e. The largest absolute Gasteiger partial charge is 0.496 e. The first-order chi connectivity index (χ1) is 18.1. The van der Waals surface area contributed by atoms with E-state index in [9.17, 15) is 24.5 Å². The molecule has 196 valence electrons. The molecule has 0 fully saturated rings. The summed E-state index contributed by atoms with van der Waals surface area (Å²) in [6, 6.07) is 14.4. The third-order valence-corrected chi connectivity index (χ3v) is 5.34. The number of para-hydroxylation sites is 1. The van der Waals surface area contributed by atoms with Gasteiger partial charge in [-0.25, -0.2) is 10.2 Å².